The molecule has 142 valence electrons. The molecule has 1 aliphatic carbocycles. The van der Waals surface area contributed by atoms with Gasteiger partial charge in [0.05, 0.1) is 11.0 Å². The van der Waals surface area contributed by atoms with Gasteiger partial charge in [0.15, 0.2) is 0 Å². The summed E-state index contributed by atoms with van der Waals surface area (Å²) in [5.74, 6) is 0.518. The number of nitrogens with zero attached hydrogens (tertiary/aromatic N) is 1. The Labute approximate surface area is 168 Å². The van der Waals surface area contributed by atoms with Crippen molar-refractivity contribution in [2.45, 2.75) is 31.1 Å². The molecule has 2 aliphatic rings. The van der Waals surface area contributed by atoms with Crippen molar-refractivity contribution in [1.29, 1.82) is 0 Å². The van der Waals surface area contributed by atoms with Gasteiger partial charge in [-0.3, -0.25) is 9.59 Å². The van der Waals surface area contributed by atoms with Crippen LogP contribution in [-0.2, 0) is 10.2 Å². The minimum atomic E-state index is -0.383. The molecule has 2 amide bonds. The van der Waals surface area contributed by atoms with Crippen LogP contribution in [0.2, 0.25) is 5.02 Å². The number of rotatable bonds is 5. The van der Waals surface area contributed by atoms with Crippen LogP contribution < -0.4 is 5.32 Å². The zero-order chi connectivity index (χ0) is 18.9. The van der Waals surface area contributed by atoms with Crippen molar-refractivity contribution in [3.05, 3.63) is 57.2 Å². The molecule has 2 heterocycles. The van der Waals surface area contributed by atoms with Gasteiger partial charge in [-0.05, 0) is 60.7 Å². The van der Waals surface area contributed by atoms with E-state index in [0.29, 0.717) is 24.0 Å². The second-order valence-electron chi connectivity index (χ2n) is 7.57. The Bertz CT molecular complexity index is 815. The Morgan fingerprint density at radius 2 is 2.00 bits per heavy atom. The van der Waals surface area contributed by atoms with Gasteiger partial charge in [0.2, 0.25) is 5.91 Å². The van der Waals surface area contributed by atoms with E-state index in [1.165, 1.54) is 0 Å². The summed E-state index contributed by atoms with van der Waals surface area (Å²) in [5.41, 5.74) is 1.43. The predicted molar refractivity (Wildman–Crippen MR) is 108 cm³/mol. The number of nitrogens with one attached hydrogen (secondary N) is 1. The highest BCUT2D eigenvalue weighted by molar-refractivity contribution is 7.08. The first-order valence-corrected chi connectivity index (χ1v) is 10.8. The van der Waals surface area contributed by atoms with Crippen LogP contribution in [0.15, 0.2) is 41.1 Å². The molecule has 1 saturated heterocycles. The van der Waals surface area contributed by atoms with Gasteiger partial charge in [-0.25, -0.2) is 0 Å². The van der Waals surface area contributed by atoms with Gasteiger partial charge in [0, 0.05) is 30.0 Å². The maximum atomic E-state index is 12.8. The van der Waals surface area contributed by atoms with E-state index in [1.54, 1.807) is 11.3 Å². The smallest absolute Gasteiger partial charge is 0.254 e. The normalized spacial score (nSPS) is 20.9. The second-order valence-corrected chi connectivity index (χ2v) is 8.79. The highest BCUT2D eigenvalue weighted by Crippen LogP contribution is 2.48. The Kier molecular flexibility index (Phi) is 5.24. The summed E-state index contributed by atoms with van der Waals surface area (Å²) in [6, 6.07) is 9.48. The summed E-state index contributed by atoms with van der Waals surface area (Å²) in [6.45, 7) is 2.14. The highest BCUT2D eigenvalue weighted by atomic mass is 35.5. The van der Waals surface area contributed by atoms with Gasteiger partial charge in [0.1, 0.15) is 0 Å². The van der Waals surface area contributed by atoms with Crippen molar-refractivity contribution in [2.75, 3.05) is 19.6 Å². The molecule has 1 aromatic heterocycles. The van der Waals surface area contributed by atoms with Crippen molar-refractivity contribution in [3.63, 3.8) is 0 Å². The maximum Gasteiger partial charge on any atom is 0.254 e. The van der Waals surface area contributed by atoms with Crippen LogP contribution in [0.4, 0.5) is 0 Å². The van der Waals surface area contributed by atoms with E-state index >= 15 is 0 Å². The standard InChI is InChI=1S/C21H23ClN2O2S/c22-18-5-3-17(4-6-18)21(8-9-21)20(26)23-12-15-2-1-10-24(13-15)19(25)16-7-11-27-14-16/h3-7,11,14-15H,1-2,8-10,12-13H2,(H,23,26)/t15-/m0/s1. The number of benzene rings is 1. The van der Waals surface area contributed by atoms with E-state index < -0.39 is 0 Å². The Morgan fingerprint density at radius 1 is 1.22 bits per heavy atom. The molecular formula is C21H23ClN2O2S. The number of carbonyl (C=O) groups excluding carboxylic acids is 2. The molecule has 2 fully saturated rings. The first kappa shape index (κ1) is 18.5. The molecular weight excluding hydrogens is 380 g/mol. The molecule has 1 saturated carbocycles. The van der Waals surface area contributed by atoms with Crippen LogP contribution >= 0.6 is 22.9 Å². The van der Waals surface area contributed by atoms with Crippen molar-refractivity contribution >= 4 is 34.8 Å². The van der Waals surface area contributed by atoms with E-state index in [0.717, 1.165) is 43.4 Å². The summed E-state index contributed by atoms with van der Waals surface area (Å²) >= 11 is 7.51. The van der Waals surface area contributed by atoms with Crippen molar-refractivity contribution in [2.24, 2.45) is 5.92 Å². The first-order valence-electron chi connectivity index (χ1n) is 9.44. The third-order valence-electron chi connectivity index (χ3n) is 5.71. The third kappa shape index (κ3) is 3.90. The molecule has 4 nitrogen and oxygen atoms in total. The Morgan fingerprint density at radius 3 is 2.67 bits per heavy atom. The van der Waals surface area contributed by atoms with Gasteiger partial charge in [-0.1, -0.05) is 23.7 Å². The minimum absolute atomic E-state index is 0.103. The van der Waals surface area contributed by atoms with Gasteiger partial charge in [0.25, 0.3) is 5.91 Å². The van der Waals surface area contributed by atoms with Crippen molar-refractivity contribution < 1.29 is 9.59 Å². The van der Waals surface area contributed by atoms with Gasteiger partial charge < -0.3 is 10.2 Å². The lowest BCUT2D eigenvalue weighted by atomic mass is 9.93. The first-order chi connectivity index (χ1) is 13.1. The number of hydrogen-bond donors (Lipinski definition) is 1. The van der Waals surface area contributed by atoms with E-state index in [4.69, 9.17) is 11.6 Å². The highest BCUT2D eigenvalue weighted by Gasteiger charge is 2.51. The average Bonchev–Trinajstić information content (AvgIpc) is 3.32. The van der Waals surface area contributed by atoms with Crippen molar-refractivity contribution in [3.8, 4) is 0 Å². The lowest BCUT2D eigenvalue weighted by Crippen LogP contribution is -2.45. The molecule has 0 spiro atoms. The molecule has 1 aromatic carbocycles. The molecule has 4 rings (SSSR count). The Hall–Kier alpha value is -1.85. The largest absolute Gasteiger partial charge is 0.355 e. The Balaban J connectivity index is 1.34. The van der Waals surface area contributed by atoms with Crippen LogP contribution in [-0.4, -0.2) is 36.3 Å². The molecule has 0 radical (unpaired) electrons. The van der Waals surface area contributed by atoms with Crippen LogP contribution in [0.3, 0.4) is 0 Å². The number of hydrogen-bond acceptors (Lipinski definition) is 3. The van der Waals surface area contributed by atoms with Crippen LogP contribution in [0, 0.1) is 5.92 Å². The number of carbonyl (C=O) groups is 2. The number of piperidine rings is 1. The SMILES string of the molecule is O=C(c1ccsc1)N1CCC[C@@H](CNC(=O)C2(c3ccc(Cl)cc3)CC2)C1. The van der Waals surface area contributed by atoms with Crippen LogP contribution in [0.25, 0.3) is 0 Å². The maximum absolute atomic E-state index is 12.8. The van der Waals surface area contributed by atoms with Crippen LogP contribution in [0.1, 0.15) is 41.6 Å². The number of amides is 2. The van der Waals surface area contributed by atoms with E-state index in [1.807, 2.05) is 46.0 Å². The monoisotopic (exact) mass is 402 g/mol. The van der Waals surface area contributed by atoms with Gasteiger partial charge >= 0.3 is 0 Å². The summed E-state index contributed by atoms with van der Waals surface area (Å²) in [7, 11) is 0. The van der Waals surface area contributed by atoms with Gasteiger partial charge in [-0.15, -0.1) is 0 Å². The lowest BCUT2D eigenvalue weighted by Gasteiger charge is -2.33. The minimum Gasteiger partial charge on any atom is -0.355 e. The molecule has 6 heteroatoms. The number of likely N-dealkylation sites (tertiary alicyclic amines) is 1. The number of thiophene rings is 1. The third-order valence-corrected chi connectivity index (χ3v) is 6.64. The summed E-state index contributed by atoms with van der Waals surface area (Å²) in [6.07, 6.45) is 3.79. The van der Waals surface area contributed by atoms with E-state index in [9.17, 15) is 9.59 Å². The molecule has 1 atom stereocenters. The molecule has 0 bridgehead atoms. The zero-order valence-electron chi connectivity index (χ0n) is 15.1. The predicted octanol–water partition coefficient (Wildman–Crippen LogP) is 4.10. The summed E-state index contributed by atoms with van der Waals surface area (Å²) in [5, 5.41) is 7.67. The summed E-state index contributed by atoms with van der Waals surface area (Å²) in [4.78, 5) is 27.3. The summed E-state index contributed by atoms with van der Waals surface area (Å²) < 4.78 is 0. The fourth-order valence-electron chi connectivity index (χ4n) is 3.93. The fourth-order valence-corrected chi connectivity index (χ4v) is 4.69. The molecule has 1 N–H and O–H groups in total. The van der Waals surface area contributed by atoms with Gasteiger partial charge in [-0.2, -0.15) is 11.3 Å². The zero-order valence-corrected chi connectivity index (χ0v) is 16.7. The molecule has 1 aliphatic heterocycles. The molecule has 0 unspecified atom stereocenters. The lowest BCUT2D eigenvalue weighted by molar-refractivity contribution is -0.123. The average molecular weight is 403 g/mol. The van der Waals surface area contributed by atoms with Crippen molar-refractivity contribution in [1.82, 2.24) is 10.2 Å². The number of halogens is 1. The second kappa shape index (κ2) is 7.64. The van der Waals surface area contributed by atoms with E-state index in [-0.39, 0.29) is 17.2 Å². The quantitative estimate of drug-likeness (QED) is 0.818. The van der Waals surface area contributed by atoms with Crippen LogP contribution in [0.5, 0.6) is 0 Å². The molecule has 27 heavy (non-hydrogen) atoms. The fraction of sp³-hybridized carbons (Fsp3) is 0.429. The molecule has 2 aromatic rings. The van der Waals surface area contributed by atoms with E-state index in [2.05, 4.69) is 5.32 Å². The topological polar surface area (TPSA) is 49.4 Å².